The number of benzene rings is 1. The molecule has 2 aliphatic heterocycles. The molecule has 3 heterocycles. The van der Waals surface area contributed by atoms with Gasteiger partial charge in [0.15, 0.2) is 5.84 Å². The Balaban J connectivity index is 1.72. The van der Waals surface area contributed by atoms with Crippen molar-refractivity contribution in [2.24, 2.45) is 5.10 Å². The number of rotatable bonds is 2. The van der Waals surface area contributed by atoms with Crippen LogP contribution in [0.5, 0.6) is 0 Å². The van der Waals surface area contributed by atoms with E-state index >= 15 is 0 Å². The number of nitrogens with zero attached hydrogens (tertiary/aromatic N) is 5. The second kappa shape index (κ2) is 7.30. The summed E-state index contributed by atoms with van der Waals surface area (Å²) in [5, 5.41) is 7.09. The average molecular weight is 347 g/mol. The highest BCUT2D eigenvalue weighted by Crippen LogP contribution is 2.32. The Morgan fingerprint density at radius 2 is 1.58 bits per heavy atom. The van der Waals surface area contributed by atoms with Gasteiger partial charge >= 0.3 is 0 Å². The van der Waals surface area contributed by atoms with Crippen molar-refractivity contribution < 1.29 is 0 Å². The van der Waals surface area contributed by atoms with Crippen molar-refractivity contribution >= 4 is 11.4 Å². The smallest absolute Gasteiger partial charge is 0.156 e. The van der Waals surface area contributed by atoms with E-state index < -0.39 is 0 Å². The van der Waals surface area contributed by atoms with Crippen molar-refractivity contribution in [3.63, 3.8) is 0 Å². The highest BCUT2D eigenvalue weighted by molar-refractivity contribution is 6.23. The minimum Gasteiger partial charge on any atom is -0.352 e. The molecule has 0 saturated carbocycles. The van der Waals surface area contributed by atoms with E-state index in [0.717, 1.165) is 32.0 Å². The molecule has 1 saturated heterocycles. The van der Waals surface area contributed by atoms with Gasteiger partial charge in [-0.2, -0.15) is 5.10 Å². The van der Waals surface area contributed by atoms with E-state index in [1.165, 1.54) is 16.7 Å². The van der Waals surface area contributed by atoms with Gasteiger partial charge in [0.1, 0.15) is 0 Å². The fraction of sp³-hybridized carbons (Fsp3) is 0.333. The molecule has 2 aliphatic rings. The van der Waals surface area contributed by atoms with Gasteiger partial charge in [-0.15, -0.1) is 0 Å². The lowest BCUT2D eigenvalue weighted by Crippen LogP contribution is -2.48. The first-order valence-corrected chi connectivity index (χ1v) is 9.15. The monoisotopic (exact) mass is 347 g/mol. The van der Waals surface area contributed by atoms with Crippen LogP contribution in [0, 0.1) is 0 Å². The summed E-state index contributed by atoms with van der Waals surface area (Å²) in [7, 11) is 4.24. The van der Waals surface area contributed by atoms with Gasteiger partial charge in [0, 0.05) is 51.2 Å². The van der Waals surface area contributed by atoms with Crippen molar-refractivity contribution in [3.05, 3.63) is 72.1 Å². The minimum absolute atomic E-state index is 0.135. The summed E-state index contributed by atoms with van der Waals surface area (Å²) in [4.78, 5) is 8.96. The molecule has 4 rings (SSSR count). The summed E-state index contributed by atoms with van der Waals surface area (Å²) in [6, 6.07) is 14.8. The minimum atomic E-state index is 0.135. The third kappa shape index (κ3) is 3.35. The fourth-order valence-electron chi connectivity index (χ4n) is 3.58. The van der Waals surface area contributed by atoms with E-state index in [-0.39, 0.29) is 6.04 Å². The Morgan fingerprint density at radius 1 is 0.885 bits per heavy atom. The summed E-state index contributed by atoms with van der Waals surface area (Å²) >= 11 is 0. The zero-order valence-corrected chi connectivity index (χ0v) is 15.4. The molecule has 1 aromatic heterocycles. The van der Waals surface area contributed by atoms with Crippen LogP contribution >= 0.6 is 0 Å². The van der Waals surface area contributed by atoms with Crippen LogP contribution in [0.3, 0.4) is 0 Å². The third-order valence-electron chi connectivity index (χ3n) is 5.16. The zero-order valence-electron chi connectivity index (χ0n) is 15.4. The molecule has 5 heteroatoms. The first kappa shape index (κ1) is 16.8. The molecule has 0 radical (unpaired) electrons. The third-order valence-corrected chi connectivity index (χ3v) is 5.16. The molecule has 5 nitrogen and oxygen atoms in total. The second-order valence-electron chi connectivity index (χ2n) is 6.96. The maximum absolute atomic E-state index is 5.02. The molecule has 0 aliphatic carbocycles. The summed E-state index contributed by atoms with van der Waals surface area (Å²) < 4.78 is 0. The van der Waals surface area contributed by atoms with Gasteiger partial charge in [0.25, 0.3) is 0 Å². The van der Waals surface area contributed by atoms with E-state index in [0.29, 0.717) is 0 Å². The molecule has 0 bridgehead atoms. The van der Waals surface area contributed by atoms with Crippen LogP contribution in [0.25, 0.3) is 5.57 Å². The fourth-order valence-corrected chi connectivity index (χ4v) is 3.58. The van der Waals surface area contributed by atoms with Crippen molar-refractivity contribution in [2.75, 3.05) is 40.3 Å². The lowest BCUT2D eigenvalue weighted by atomic mass is 9.97. The normalized spacial score (nSPS) is 21.4. The molecular formula is C21H25N5. The zero-order chi connectivity index (χ0) is 17.9. The number of hydrazone groups is 1. The average Bonchev–Trinajstić information content (AvgIpc) is 2.70. The van der Waals surface area contributed by atoms with E-state index in [1.807, 2.05) is 12.4 Å². The van der Waals surface area contributed by atoms with Crippen LogP contribution in [0.4, 0.5) is 0 Å². The molecule has 26 heavy (non-hydrogen) atoms. The molecule has 0 amide bonds. The van der Waals surface area contributed by atoms with Crippen LogP contribution in [0.2, 0.25) is 0 Å². The van der Waals surface area contributed by atoms with Gasteiger partial charge in [-0.25, -0.2) is 0 Å². The SMILES string of the molecule is CN1CCN(C2=NN(C)C(c3ccccc3)C=C2c2ccncc2)CC1. The maximum atomic E-state index is 5.02. The van der Waals surface area contributed by atoms with Crippen molar-refractivity contribution in [1.82, 2.24) is 19.8 Å². The van der Waals surface area contributed by atoms with Crippen LogP contribution in [-0.4, -0.2) is 65.9 Å². The summed E-state index contributed by atoms with van der Waals surface area (Å²) in [6.45, 7) is 4.13. The van der Waals surface area contributed by atoms with Gasteiger partial charge in [0.2, 0.25) is 0 Å². The predicted molar refractivity (Wildman–Crippen MR) is 106 cm³/mol. The molecule has 1 atom stereocenters. The van der Waals surface area contributed by atoms with Crippen LogP contribution < -0.4 is 0 Å². The standard InChI is InChI=1S/C21H25N5/c1-24-12-14-26(15-13-24)21-19(17-8-10-22-11-9-17)16-20(25(2)23-21)18-6-4-3-5-7-18/h3-11,16,20H,12-15H2,1-2H3. The van der Waals surface area contributed by atoms with Gasteiger partial charge in [-0.05, 0) is 36.4 Å². The van der Waals surface area contributed by atoms with Crippen molar-refractivity contribution in [3.8, 4) is 0 Å². The lowest BCUT2D eigenvalue weighted by molar-refractivity contribution is 0.209. The Bertz CT molecular complexity index is 792. The maximum Gasteiger partial charge on any atom is 0.156 e. The number of amidine groups is 1. The van der Waals surface area contributed by atoms with Crippen LogP contribution in [0.15, 0.2) is 66.0 Å². The summed E-state index contributed by atoms with van der Waals surface area (Å²) in [6.07, 6.45) is 6.05. The quantitative estimate of drug-likeness (QED) is 0.837. The Hall–Kier alpha value is -2.66. The molecule has 1 aromatic carbocycles. The Morgan fingerprint density at radius 3 is 2.27 bits per heavy atom. The van der Waals surface area contributed by atoms with Gasteiger partial charge in [-0.3, -0.25) is 9.99 Å². The lowest BCUT2D eigenvalue weighted by Gasteiger charge is -2.39. The summed E-state index contributed by atoms with van der Waals surface area (Å²) in [5.74, 6) is 1.07. The molecule has 0 spiro atoms. The molecule has 1 unspecified atom stereocenters. The molecular weight excluding hydrogens is 322 g/mol. The molecule has 2 aromatic rings. The van der Waals surface area contributed by atoms with E-state index in [4.69, 9.17) is 5.10 Å². The van der Waals surface area contributed by atoms with Crippen LogP contribution in [0.1, 0.15) is 17.2 Å². The topological polar surface area (TPSA) is 35.0 Å². The van der Waals surface area contributed by atoms with E-state index in [1.54, 1.807) is 0 Å². The number of hydrogen-bond acceptors (Lipinski definition) is 5. The highest BCUT2D eigenvalue weighted by Gasteiger charge is 2.28. The van der Waals surface area contributed by atoms with E-state index in [9.17, 15) is 0 Å². The van der Waals surface area contributed by atoms with Gasteiger partial charge in [0.05, 0.1) is 6.04 Å². The highest BCUT2D eigenvalue weighted by atomic mass is 15.5. The predicted octanol–water partition coefficient (Wildman–Crippen LogP) is 2.71. The second-order valence-corrected chi connectivity index (χ2v) is 6.96. The molecule has 134 valence electrons. The first-order valence-electron chi connectivity index (χ1n) is 9.15. The van der Waals surface area contributed by atoms with Crippen molar-refractivity contribution in [2.45, 2.75) is 6.04 Å². The number of hydrogen-bond donors (Lipinski definition) is 0. The number of aromatic nitrogens is 1. The van der Waals surface area contributed by atoms with Crippen molar-refractivity contribution in [1.29, 1.82) is 0 Å². The summed E-state index contributed by atoms with van der Waals surface area (Å²) in [5.41, 5.74) is 3.62. The number of likely N-dealkylation sites (N-methyl/N-ethyl adjacent to an activating group) is 2. The molecule has 1 fully saturated rings. The first-order chi connectivity index (χ1) is 12.7. The van der Waals surface area contributed by atoms with Crippen LogP contribution in [-0.2, 0) is 0 Å². The van der Waals surface area contributed by atoms with Gasteiger partial charge < -0.3 is 9.80 Å². The Kier molecular flexibility index (Phi) is 4.71. The Labute approximate surface area is 155 Å². The van der Waals surface area contributed by atoms with E-state index in [2.05, 4.69) is 82.4 Å². The number of piperazine rings is 1. The largest absolute Gasteiger partial charge is 0.352 e. The number of pyridine rings is 1. The molecule has 0 N–H and O–H groups in total. The van der Waals surface area contributed by atoms with Gasteiger partial charge in [-0.1, -0.05) is 30.3 Å².